The summed E-state index contributed by atoms with van der Waals surface area (Å²) in [7, 11) is 0. The van der Waals surface area contributed by atoms with Crippen LogP contribution in [0.1, 0.15) is 17.7 Å². The van der Waals surface area contributed by atoms with Crippen molar-refractivity contribution in [3.05, 3.63) is 58.1 Å². The number of nitrogens with one attached hydrogen (secondary N) is 1. The molecule has 0 bridgehead atoms. The highest BCUT2D eigenvalue weighted by molar-refractivity contribution is 6.31. The molecule has 0 aliphatic heterocycles. The molecular formula is C16H16Cl2N6O. The highest BCUT2D eigenvalue weighted by Crippen LogP contribution is 2.14. The summed E-state index contributed by atoms with van der Waals surface area (Å²) in [5.41, 5.74) is 1.87. The Kier molecular flexibility index (Phi) is 5.35. The molecule has 0 atom stereocenters. The number of aryl methyl sites for hydroxylation is 1. The predicted octanol–water partition coefficient (Wildman–Crippen LogP) is 3.17. The SMILES string of the molecule is Cc1c(Cl)cnn1CCC(=O)Nc1ncn(Cc2ccc(Cl)cc2)n1. The lowest BCUT2D eigenvalue weighted by molar-refractivity contribution is -0.116. The molecule has 0 radical (unpaired) electrons. The van der Waals surface area contributed by atoms with Crippen molar-refractivity contribution in [2.24, 2.45) is 0 Å². The minimum Gasteiger partial charge on any atom is -0.293 e. The maximum Gasteiger partial charge on any atom is 0.248 e. The first-order valence-corrected chi connectivity index (χ1v) is 8.38. The highest BCUT2D eigenvalue weighted by Gasteiger charge is 2.09. The molecule has 0 saturated heterocycles. The summed E-state index contributed by atoms with van der Waals surface area (Å²) in [6.07, 6.45) is 3.39. The molecule has 1 aromatic carbocycles. The van der Waals surface area contributed by atoms with E-state index >= 15 is 0 Å². The second-order valence-electron chi connectivity index (χ2n) is 5.49. The molecule has 7 nitrogen and oxygen atoms in total. The smallest absolute Gasteiger partial charge is 0.248 e. The average Bonchev–Trinajstić information content (AvgIpc) is 3.15. The van der Waals surface area contributed by atoms with Crippen molar-refractivity contribution in [1.29, 1.82) is 0 Å². The van der Waals surface area contributed by atoms with Crippen LogP contribution in [-0.2, 0) is 17.9 Å². The van der Waals surface area contributed by atoms with E-state index in [1.54, 1.807) is 21.9 Å². The van der Waals surface area contributed by atoms with Gasteiger partial charge in [-0.3, -0.25) is 14.8 Å². The number of benzene rings is 1. The molecule has 1 amide bonds. The number of hydrogen-bond acceptors (Lipinski definition) is 4. The van der Waals surface area contributed by atoms with Gasteiger partial charge in [-0.1, -0.05) is 35.3 Å². The third-order valence-corrected chi connectivity index (χ3v) is 4.26. The zero-order chi connectivity index (χ0) is 17.8. The van der Waals surface area contributed by atoms with E-state index in [0.717, 1.165) is 11.3 Å². The van der Waals surface area contributed by atoms with Gasteiger partial charge in [-0.15, -0.1) is 5.10 Å². The summed E-state index contributed by atoms with van der Waals surface area (Å²) in [5.74, 6) is 0.0875. The molecule has 0 unspecified atom stereocenters. The zero-order valence-electron chi connectivity index (χ0n) is 13.5. The van der Waals surface area contributed by atoms with E-state index in [9.17, 15) is 4.79 Å². The monoisotopic (exact) mass is 378 g/mol. The Morgan fingerprint density at radius 3 is 2.68 bits per heavy atom. The summed E-state index contributed by atoms with van der Waals surface area (Å²) in [5, 5.41) is 12.3. The Bertz CT molecular complexity index is 871. The fourth-order valence-corrected chi connectivity index (χ4v) is 2.52. The Labute approximate surface area is 154 Å². The number of aromatic nitrogens is 5. The van der Waals surface area contributed by atoms with Crippen molar-refractivity contribution in [3.8, 4) is 0 Å². The molecule has 2 heterocycles. The average molecular weight is 379 g/mol. The molecule has 1 N–H and O–H groups in total. The summed E-state index contributed by atoms with van der Waals surface area (Å²) in [6.45, 7) is 2.84. The van der Waals surface area contributed by atoms with Crippen LogP contribution in [0.2, 0.25) is 10.0 Å². The van der Waals surface area contributed by atoms with Gasteiger partial charge in [0.05, 0.1) is 30.0 Å². The van der Waals surface area contributed by atoms with Gasteiger partial charge in [0.25, 0.3) is 0 Å². The van der Waals surface area contributed by atoms with Crippen LogP contribution in [0.3, 0.4) is 0 Å². The van der Waals surface area contributed by atoms with Gasteiger partial charge in [0.1, 0.15) is 6.33 Å². The van der Waals surface area contributed by atoms with Crippen molar-refractivity contribution in [2.75, 3.05) is 5.32 Å². The first-order chi connectivity index (χ1) is 12.0. The third-order valence-electron chi connectivity index (χ3n) is 3.64. The molecule has 3 aromatic rings. The van der Waals surface area contributed by atoms with E-state index in [2.05, 4.69) is 20.5 Å². The van der Waals surface area contributed by atoms with Gasteiger partial charge in [-0.25, -0.2) is 9.67 Å². The lowest BCUT2D eigenvalue weighted by Crippen LogP contribution is -2.16. The van der Waals surface area contributed by atoms with Crippen molar-refractivity contribution in [1.82, 2.24) is 24.5 Å². The van der Waals surface area contributed by atoms with E-state index in [-0.39, 0.29) is 18.3 Å². The molecule has 0 fully saturated rings. The van der Waals surface area contributed by atoms with Crippen LogP contribution in [0.5, 0.6) is 0 Å². The first-order valence-electron chi connectivity index (χ1n) is 7.63. The number of carbonyl (C=O) groups is 1. The van der Waals surface area contributed by atoms with Crippen LogP contribution in [0, 0.1) is 6.92 Å². The van der Waals surface area contributed by atoms with Crippen molar-refractivity contribution in [2.45, 2.75) is 26.4 Å². The minimum atomic E-state index is -0.185. The Morgan fingerprint density at radius 1 is 1.24 bits per heavy atom. The number of nitrogens with zero attached hydrogens (tertiary/aromatic N) is 5. The Morgan fingerprint density at radius 2 is 2.00 bits per heavy atom. The molecule has 0 saturated carbocycles. The Balaban J connectivity index is 1.53. The number of hydrogen-bond donors (Lipinski definition) is 1. The van der Waals surface area contributed by atoms with Gasteiger partial charge in [0.2, 0.25) is 11.9 Å². The van der Waals surface area contributed by atoms with Crippen molar-refractivity contribution >= 4 is 35.1 Å². The summed E-state index contributed by atoms with van der Waals surface area (Å²) >= 11 is 11.8. The molecule has 0 aliphatic rings. The maximum absolute atomic E-state index is 12.0. The van der Waals surface area contributed by atoms with Crippen LogP contribution in [0.15, 0.2) is 36.8 Å². The number of carbonyl (C=O) groups excluding carboxylic acids is 1. The Hall–Kier alpha value is -2.38. The summed E-state index contributed by atoms with van der Waals surface area (Å²) < 4.78 is 3.34. The lowest BCUT2D eigenvalue weighted by atomic mass is 10.2. The zero-order valence-corrected chi connectivity index (χ0v) is 15.0. The van der Waals surface area contributed by atoms with Crippen molar-refractivity contribution in [3.63, 3.8) is 0 Å². The molecule has 25 heavy (non-hydrogen) atoms. The molecule has 9 heteroatoms. The fourth-order valence-electron chi connectivity index (χ4n) is 2.25. The molecule has 0 aliphatic carbocycles. The van der Waals surface area contributed by atoms with Crippen LogP contribution >= 0.6 is 23.2 Å². The number of anilines is 1. The molecule has 130 valence electrons. The molecule has 0 spiro atoms. The first kappa shape index (κ1) is 17.4. The second kappa shape index (κ2) is 7.67. The van der Waals surface area contributed by atoms with E-state index in [0.29, 0.717) is 23.1 Å². The molecular weight excluding hydrogens is 363 g/mol. The summed E-state index contributed by atoms with van der Waals surface area (Å²) in [6, 6.07) is 7.47. The summed E-state index contributed by atoms with van der Waals surface area (Å²) in [4.78, 5) is 16.1. The van der Waals surface area contributed by atoms with E-state index in [4.69, 9.17) is 23.2 Å². The van der Waals surface area contributed by atoms with Gasteiger partial charge >= 0.3 is 0 Å². The van der Waals surface area contributed by atoms with Crippen LogP contribution in [0.25, 0.3) is 0 Å². The van der Waals surface area contributed by atoms with Gasteiger partial charge < -0.3 is 0 Å². The second-order valence-corrected chi connectivity index (χ2v) is 6.34. The van der Waals surface area contributed by atoms with Gasteiger partial charge in [0.15, 0.2) is 0 Å². The van der Waals surface area contributed by atoms with E-state index in [1.807, 2.05) is 31.2 Å². The maximum atomic E-state index is 12.0. The lowest BCUT2D eigenvalue weighted by Gasteiger charge is -2.04. The largest absolute Gasteiger partial charge is 0.293 e. The highest BCUT2D eigenvalue weighted by atomic mass is 35.5. The number of amides is 1. The molecule has 3 rings (SSSR count). The molecule has 2 aromatic heterocycles. The number of rotatable bonds is 6. The van der Waals surface area contributed by atoms with Crippen LogP contribution in [0.4, 0.5) is 5.95 Å². The minimum absolute atomic E-state index is 0.185. The van der Waals surface area contributed by atoms with Gasteiger partial charge in [-0.05, 0) is 24.6 Å². The fraction of sp³-hybridized carbons (Fsp3) is 0.250. The normalized spacial score (nSPS) is 10.8. The van der Waals surface area contributed by atoms with Gasteiger partial charge in [-0.2, -0.15) is 5.10 Å². The quantitative estimate of drug-likeness (QED) is 0.714. The predicted molar refractivity (Wildman–Crippen MR) is 95.8 cm³/mol. The van der Waals surface area contributed by atoms with Crippen LogP contribution in [-0.4, -0.2) is 30.5 Å². The van der Waals surface area contributed by atoms with Gasteiger partial charge in [0, 0.05) is 11.4 Å². The standard InChI is InChI=1S/C16H16Cl2N6O/c1-11-14(18)8-20-24(11)7-6-15(25)21-16-19-10-23(22-16)9-12-2-4-13(17)5-3-12/h2-5,8,10H,6-7,9H2,1H3,(H,21,22,25). The number of halogens is 2. The topological polar surface area (TPSA) is 77.6 Å². The van der Waals surface area contributed by atoms with E-state index in [1.165, 1.54) is 0 Å². The van der Waals surface area contributed by atoms with Crippen molar-refractivity contribution < 1.29 is 4.79 Å². The third kappa shape index (κ3) is 4.58. The van der Waals surface area contributed by atoms with Crippen LogP contribution < -0.4 is 5.32 Å². The van der Waals surface area contributed by atoms with E-state index < -0.39 is 0 Å².